The molecule has 3 rings (SSSR count). The van der Waals surface area contributed by atoms with Crippen LogP contribution in [0.5, 0.6) is 11.5 Å². The fraction of sp³-hybridized carbons (Fsp3) is 0.100. The smallest absolute Gasteiger partial charge is 0.146 e. The molecule has 0 aliphatic rings. The van der Waals surface area contributed by atoms with Crippen LogP contribution in [0.2, 0.25) is 0 Å². The minimum atomic E-state index is 0.702. The molecule has 0 saturated heterocycles. The predicted molar refractivity (Wildman–Crippen MR) is 103 cm³/mol. The van der Waals surface area contributed by atoms with Gasteiger partial charge in [-0.15, -0.1) is 0 Å². The van der Waals surface area contributed by atoms with Gasteiger partial charge in [0.2, 0.25) is 0 Å². The van der Waals surface area contributed by atoms with Crippen LogP contribution in [0.1, 0.15) is 0 Å². The monoisotopic (exact) mass is 335 g/mol. The van der Waals surface area contributed by atoms with Crippen molar-refractivity contribution in [2.75, 3.05) is 30.6 Å². The second-order valence-corrected chi connectivity index (χ2v) is 5.56. The molecule has 3 aromatic carbocycles. The van der Waals surface area contributed by atoms with Crippen LogP contribution in [-0.2, 0) is 0 Å². The minimum Gasteiger partial charge on any atom is -0.497 e. The highest BCUT2D eigenvalue weighted by molar-refractivity contribution is 5.81. The summed E-state index contributed by atoms with van der Waals surface area (Å²) in [5.41, 5.74) is 15.9. The average Bonchev–Trinajstić information content (AvgIpc) is 2.65. The highest BCUT2D eigenvalue weighted by atomic mass is 16.5. The van der Waals surface area contributed by atoms with Gasteiger partial charge < -0.3 is 25.8 Å². The molecule has 0 spiro atoms. The van der Waals surface area contributed by atoms with Crippen LogP contribution in [0.3, 0.4) is 0 Å². The van der Waals surface area contributed by atoms with Gasteiger partial charge in [0.1, 0.15) is 11.5 Å². The maximum atomic E-state index is 5.84. The Morgan fingerprint density at radius 1 is 0.680 bits per heavy atom. The number of benzene rings is 3. The Bertz CT molecular complexity index is 800. The summed E-state index contributed by atoms with van der Waals surface area (Å²) in [4.78, 5) is 2.08. The standard InChI is InChI=1S/C20H21N3O2/c1-24-18-11-12-19(20(13-18)25-2)23(16-7-3-14(21)4-8-16)17-9-5-15(22)6-10-17/h3-13H,21-22H2,1-2H3. The number of anilines is 5. The van der Waals surface area contributed by atoms with E-state index in [0.29, 0.717) is 17.1 Å². The van der Waals surface area contributed by atoms with Crippen molar-refractivity contribution in [3.8, 4) is 11.5 Å². The van der Waals surface area contributed by atoms with Crippen molar-refractivity contribution >= 4 is 28.4 Å². The van der Waals surface area contributed by atoms with E-state index in [0.717, 1.165) is 22.8 Å². The van der Waals surface area contributed by atoms with Gasteiger partial charge in [0, 0.05) is 28.8 Å². The molecule has 0 radical (unpaired) electrons. The van der Waals surface area contributed by atoms with E-state index in [1.165, 1.54) is 0 Å². The van der Waals surface area contributed by atoms with Gasteiger partial charge >= 0.3 is 0 Å². The average molecular weight is 335 g/mol. The van der Waals surface area contributed by atoms with Gasteiger partial charge in [0.05, 0.1) is 19.9 Å². The van der Waals surface area contributed by atoms with Gasteiger partial charge in [-0.05, 0) is 60.7 Å². The summed E-state index contributed by atoms with van der Waals surface area (Å²) >= 11 is 0. The van der Waals surface area contributed by atoms with E-state index in [2.05, 4.69) is 4.90 Å². The Hall–Kier alpha value is -3.34. The molecule has 0 heterocycles. The zero-order valence-corrected chi connectivity index (χ0v) is 14.3. The molecule has 25 heavy (non-hydrogen) atoms. The van der Waals surface area contributed by atoms with E-state index in [4.69, 9.17) is 20.9 Å². The molecule has 0 bridgehead atoms. The zero-order valence-electron chi connectivity index (χ0n) is 14.3. The molecule has 0 aliphatic carbocycles. The zero-order chi connectivity index (χ0) is 17.8. The predicted octanol–water partition coefficient (Wildman–Crippen LogP) is 4.34. The third kappa shape index (κ3) is 3.45. The lowest BCUT2D eigenvalue weighted by Gasteiger charge is -2.27. The lowest BCUT2D eigenvalue weighted by molar-refractivity contribution is 0.395. The molecule has 0 fully saturated rings. The van der Waals surface area contributed by atoms with Crippen molar-refractivity contribution < 1.29 is 9.47 Å². The van der Waals surface area contributed by atoms with Crippen LogP contribution in [-0.4, -0.2) is 14.2 Å². The first-order valence-corrected chi connectivity index (χ1v) is 7.85. The first-order valence-electron chi connectivity index (χ1n) is 7.85. The van der Waals surface area contributed by atoms with Crippen molar-refractivity contribution in [1.82, 2.24) is 0 Å². The van der Waals surface area contributed by atoms with E-state index < -0.39 is 0 Å². The topological polar surface area (TPSA) is 73.7 Å². The molecule has 0 unspecified atom stereocenters. The molecule has 0 aliphatic heterocycles. The Balaban J connectivity index is 2.17. The molecular weight excluding hydrogens is 314 g/mol. The lowest BCUT2D eigenvalue weighted by atomic mass is 10.1. The van der Waals surface area contributed by atoms with Gasteiger partial charge in [0.15, 0.2) is 0 Å². The number of methoxy groups -OCH3 is 2. The molecule has 3 aromatic rings. The van der Waals surface area contributed by atoms with Crippen LogP contribution >= 0.6 is 0 Å². The van der Waals surface area contributed by atoms with Crippen molar-refractivity contribution in [3.05, 3.63) is 66.7 Å². The number of nitrogens with two attached hydrogens (primary N) is 2. The van der Waals surface area contributed by atoms with E-state index >= 15 is 0 Å². The molecule has 0 atom stereocenters. The SMILES string of the molecule is COc1ccc(N(c2ccc(N)cc2)c2ccc(N)cc2)c(OC)c1. The maximum Gasteiger partial charge on any atom is 0.146 e. The van der Waals surface area contributed by atoms with Gasteiger partial charge in [0.25, 0.3) is 0 Å². The van der Waals surface area contributed by atoms with E-state index in [9.17, 15) is 0 Å². The van der Waals surface area contributed by atoms with Crippen LogP contribution in [0.4, 0.5) is 28.4 Å². The number of hydrogen-bond acceptors (Lipinski definition) is 5. The Morgan fingerprint density at radius 3 is 1.64 bits per heavy atom. The summed E-state index contributed by atoms with van der Waals surface area (Å²) in [5.74, 6) is 1.43. The van der Waals surface area contributed by atoms with E-state index in [-0.39, 0.29) is 0 Å². The molecule has 5 nitrogen and oxygen atoms in total. The molecule has 0 amide bonds. The third-order valence-corrected chi connectivity index (χ3v) is 3.93. The van der Waals surface area contributed by atoms with Gasteiger partial charge in [-0.3, -0.25) is 0 Å². The number of nitrogen functional groups attached to an aromatic ring is 2. The Labute approximate surface area is 147 Å². The van der Waals surface area contributed by atoms with Crippen LogP contribution in [0, 0.1) is 0 Å². The molecule has 0 aromatic heterocycles. The van der Waals surface area contributed by atoms with Crippen LogP contribution in [0.25, 0.3) is 0 Å². The van der Waals surface area contributed by atoms with Crippen molar-refractivity contribution in [2.24, 2.45) is 0 Å². The first kappa shape index (κ1) is 16.5. The summed E-state index contributed by atoms with van der Waals surface area (Å²) in [5, 5.41) is 0. The minimum absolute atomic E-state index is 0.702. The van der Waals surface area contributed by atoms with Gasteiger partial charge in [-0.1, -0.05) is 0 Å². The van der Waals surface area contributed by atoms with Crippen LogP contribution in [0.15, 0.2) is 66.7 Å². The second-order valence-electron chi connectivity index (χ2n) is 5.56. The summed E-state index contributed by atoms with van der Waals surface area (Å²) in [6, 6.07) is 21.1. The number of nitrogens with zero attached hydrogens (tertiary/aromatic N) is 1. The molecule has 128 valence electrons. The first-order chi connectivity index (χ1) is 12.1. The Kier molecular flexibility index (Phi) is 4.66. The number of hydrogen-bond donors (Lipinski definition) is 2. The fourth-order valence-corrected chi connectivity index (χ4v) is 2.64. The normalized spacial score (nSPS) is 10.3. The second kappa shape index (κ2) is 7.05. The molecule has 4 N–H and O–H groups in total. The van der Waals surface area contributed by atoms with Crippen LogP contribution < -0.4 is 25.8 Å². The van der Waals surface area contributed by atoms with Crippen molar-refractivity contribution in [1.29, 1.82) is 0 Å². The van der Waals surface area contributed by atoms with Gasteiger partial charge in [-0.25, -0.2) is 0 Å². The molecule has 0 saturated carbocycles. The fourth-order valence-electron chi connectivity index (χ4n) is 2.64. The maximum absolute atomic E-state index is 5.84. The summed E-state index contributed by atoms with van der Waals surface area (Å²) in [6.45, 7) is 0. The van der Waals surface area contributed by atoms with E-state index in [1.807, 2.05) is 66.7 Å². The number of rotatable bonds is 5. The number of ether oxygens (including phenoxy) is 2. The van der Waals surface area contributed by atoms with E-state index in [1.54, 1.807) is 14.2 Å². The summed E-state index contributed by atoms with van der Waals surface area (Å²) < 4.78 is 10.9. The molecule has 5 heteroatoms. The Morgan fingerprint density at radius 2 is 1.20 bits per heavy atom. The lowest BCUT2D eigenvalue weighted by Crippen LogP contribution is -2.11. The summed E-state index contributed by atoms with van der Waals surface area (Å²) in [6.07, 6.45) is 0. The van der Waals surface area contributed by atoms with Gasteiger partial charge in [-0.2, -0.15) is 0 Å². The highest BCUT2D eigenvalue weighted by Crippen LogP contribution is 2.41. The molecular formula is C20H21N3O2. The van der Waals surface area contributed by atoms with Crippen molar-refractivity contribution in [2.45, 2.75) is 0 Å². The third-order valence-electron chi connectivity index (χ3n) is 3.93. The van der Waals surface area contributed by atoms with Crippen molar-refractivity contribution in [3.63, 3.8) is 0 Å². The highest BCUT2D eigenvalue weighted by Gasteiger charge is 2.17. The largest absolute Gasteiger partial charge is 0.497 e. The quantitative estimate of drug-likeness (QED) is 0.679. The summed E-state index contributed by atoms with van der Waals surface area (Å²) in [7, 11) is 3.27.